The van der Waals surface area contributed by atoms with Gasteiger partial charge in [-0.15, -0.1) is 0 Å². The van der Waals surface area contributed by atoms with Crippen LogP contribution in [0.4, 0.5) is 0 Å². The maximum absolute atomic E-state index is 5.05. The topological polar surface area (TPSA) is 51.0 Å². The zero-order chi connectivity index (χ0) is 10.5. The normalized spacial score (nSPS) is 18.2. The molecule has 1 aliphatic heterocycles. The summed E-state index contributed by atoms with van der Waals surface area (Å²) in [5.41, 5.74) is 0. The number of aromatic nitrogens is 2. The van der Waals surface area contributed by atoms with Gasteiger partial charge in [0.15, 0.2) is 5.82 Å². The molecule has 15 heavy (non-hydrogen) atoms. The van der Waals surface area contributed by atoms with Gasteiger partial charge in [-0.2, -0.15) is 16.7 Å². The van der Waals surface area contributed by atoms with Crippen molar-refractivity contribution in [3.8, 4) is 0 Å². The fraction of sp³-hybridized carbons (Fsp3) is 0.800. The highest BCUT2D eigenvalue weighted by atomic mass is 32.2. The van der Waals surface area contributed by atoms with Crippen LogP contribution in [0.1, 0.15) is 24.6 Å². The Bertz CT molecular complexity index is 297. The number of thioether (sulfide) groups is 1. The lowest BCUT2D eigenvalue weighted by Crippen LogP contribution is -2.33. The Labute approximate surface area is 94.2 Å². The zero-order valence-corrected chi connectivity index (χ0v) is 9.85. The fourth-order valence-electron chi connectivity index (χ4n) is 1.73. The molecule has 0 bridgehead atoms. The van der Waals surface area contributed by atoms with Crippen LogP contribution in [0.15, 0.2) is 4.52 Å². The first-order valence-electron chi connectivity index (χ1n) is 5.45. The molecule has 1 aromatic heterocycles. The summed E-state index contributed by atoms with van der Waals surface area (Å²) in [6.45, 7) is 2.79. The van der Waals surface area contributed by atoms with Crippen LogP contribution in [0.3, 0.4) is 0 Å². The molecular weight excluding hydrogens is 210 g/mol. The monoisotopic (exact) mass is 227 g/mol. The van der Waals surface area contributed by atoms with Gasteiger partial charge in [-0.05, 0) is 31.3 Å². The molecule has 2 heterocycles. The van der Waals surface area contributed by atoms with E-state index in [1.165, 1.54) is 24.3 Å². The Morgan fingerprint density at radius 1 is 1.47 bits per heavy atom. The average Bonchev–Trinajstić information content (AvgIpc) is 2.66. The summed E-state index contributed by atoms with van der Waals surface area (Å²) in [5.74, 6) is 4.04. The minimum atomic E-state index is 0.690. The first kappa shape index (κ1) is 11.0. The number of nitrogens with zero attached hydrogens (tertiary/aromatic N) is 2. The third kappa shape index (κ3) is 3.50. The molecule has 2 rings (SSSR count). The second-order valence-corrected chi connectivity index (χ2v) is 5.05. The van der Waals surface area contributed by atoms with E-state index in [1.54, 1.807) is 0 Å². The number of rotatable bonds is 4. The number of nitrogens with one attached hydrogen (secondary N) is 1. The molecule has 0 atom stereocenters. The van der Waals surface area contributed by atoms with Crippen LogP contribution in [0.25, 0.3) is 0 Å². The molecule has 1 aliphatic rings. The third-order valence-corrected chi connectivity index (χ3v) is 3.61. The van der Waals surface area contributed by atoms with Crippen LogP contribution >= 0.6 is 11.8 Å². The van der Waals surface area contributed by atoms with Gasteiger partial charge in [-0.1, -0.05) is 5.16 Å². The molecule has 1 N–H and O–H groups in total. The van der Waals surface area contributed by atoms with Crippen LogP contribution in [-0.2, 0) is 6.42 Å². The highest BCUT2D eigenvalue weighted by molar-refractivity contribution is 7.99. The van der Waals surface area contributed by atoms with Crippen molar-refractivity contribution in [1.29, 1.82) is 0 Å². The molecular formula is C10H17N3OS. The first-order valence-corrected chi connectivity index (χ1v) is 6.60. The molecule has 0 aliphatic carbocycles. The van der Waals surface area contributed by atoms with Crippen molar-refractivity contribution >= 4 is 11.8 Å². The summed E-state index contributed by atoms with van der Waals surface area (Å²) in [5, 5.41) is 7.30. The van der Waals surface area contributed by atoms with Gasteiger partial charge in [0, 0.05) is 19.0 Å². The molecule has 1 saturated heterocycles. The van der Waals surface area contributed by atoms with Gasteiger partial charge in [-0.3, -0.25) is 0 Å². The lowest BCUT2D eigenvalue weighted by Gasteiger charge is -2.22. The maximum Gasteiger partial charge on any atom is 0.227 e. The van der Waals surface area contributed by atoms with E-state index >= 15 is 0 Å². The van der Waals surface area contributed by atoms with Crippen molar-refractivity contribution in [3.05, 3.63) is 11.7 Å². The van der Waals surface area contributed by atoms with Gasteiger partial charge in [-0.25, -0.2) is 0 Å². The van der Waals surface area contributed by atoms with E-state index in [9.17, 15) is 0 Å². The summed E-state index contributed by atoms with van der Waals surface area (Å²) >= 11 is 2.05. The Balaban J connectivity index is 1.65. The van der Waals surface area contributed by atoms with Gasteiger partial charge < -0.3 is 9.84 Å². The molecule has 0 radical (unpaired) electrons. The summed E-state index contributed by atoms with van der Waals surface area (Å²) < 4.78 is 5.05. The summed E-state index contributed by atoms with van der Waals surface area (Å²) in [4.78, 5) is 4.17. The molecule has 0 amide bonds. The third-order valence-electron chi connectivity index (χ3n) is 2.56. The molecule has 1 aromatic rings. The second kappa shape index (κ2) is 5.51. The van der Waals surface area contributed by atoms with Gasteiger partial charge in [0.2, 0.25) is 5.89 Å². The lowest BCUT2D eigenvalue weighted by atomic mass is 10.1. The molecule has 84 valence electrons. The van der Waals surface area contributed by atoms with E-state index in [0.717, 1.165) is 24.7 Å². The molecule has 0 aromatic carbocycles. The largest absolute Gasteiger partial charge is 0.339 e. The molecule has 0 unspecified atom stereocenters. The predicted molar refractivity (Wildman–Crippen MR) is 61.1 cm³/mol. The highest BCUT2D eigenvalue weighted by Gasteiger charge is 2.12. The number of hydrogen-bond acceptors (Lipinski definition) is 5. The predicted octanol–water partition coefficient (Wildman–Crippen LogP) is 1.41. The fourth-order valence-corrected chi connectivity index (χ4v) is 2.83. The van der Waals surface area contributed by atoms with Crippen molar-refractivity contribution in [2.45, 2.75) is 32.2 Å². The Kier molecular flexibility index (Phi) is 4.02. The van der Waals surface area contributed by atoms with E-state index in [0.29, 0.717) is 6.04 Å². The molecule has 4 nitrogen and oxygen atoms in total. The van der Waals surface area contributed by atoms with Crippen molar-refractivity contribution in [3.63, 3.8) is 0 Å². The minimum Gasteiger partial charge on any atom is -0.339 e. The van der Waals surface area contributed by atoms with E-state index < -0.39 is 0 Å². The number of hydrogen-bond donors (Lipinski definition) is 1. The SMILES string of the molecule is Cc1noc(CCNC2CCSCC2)n1. The second-order valence-electron chi connectivity index (χ2n) is 3.83. The smallest absolute Gasteiger partial charge is 0.227 e. The van der Waals surface area contributed by atoms with Gasteiger partial charge >= 0.3 is 0 Å². The Hall–Kier alpha value is -0.550. The van der Waals surface area contributed by atoms with Crippen LogP contribution in [0.5, 0.6) is 0 Å². The Morgan fingerprint density at radius 3 is 2.93 bits per heavy atom. The molecule has 5 heteroatoms. The summed E-state index contributed by atoms with van der Waals surface area (Å²) in [7, 11) is 0. The Morgan fingerprint density at radius 2 is 2.27 bits per heavy atom. The average molecular weight is 227 g/mol. The van der Waals surface area contributed by atoms with Gasteiger partial charge in [0.05, 0.1) is 0 Å². The minimum absolute atomic E-state index is 0.690. The van der Waals surface area contributed by atoms with E-state index in [4.69, 9.17) is 4.52 Å². The maximum atomic E-state index is 5.05. The van der Waals surface area contributed by atoms with Crippen LogP contribution in [-0.4, -0.2) is 34.2 Å². The molecule has 1 fully saturated rings. The van der Waals surface area contributed by atoms with Crippen molar-refractivity contribution in [2.24, 2.45) is 0 Å². The zero-order valence-electron chi connectivity index (χ0n) is 9.03. The highest BCUT2D eigenvalue weighted by Crippen LogP contribution is 2.16. The standard InChI is InChI=1S/C10H17N3OS/c1-8-12-10(14-13-8)2-5-11-9-3-6-15-7-4-9/h9,11H,2-7H2,1H3. The number of aryl methyl sites for hydroxylation is 1. The molecule has 0 spiro atoms. The summed E-state index contributed by atoms with van der Waals surface area (Å²) in [6.07, 6.45) is 3.41. The van der Waals surface area contributed by atoms with Crippen molar-refractivity contribution in [2.75, 3.05) is 18.1 Å². The molecule has 0 saturated carbocycles. The van der Waals surface area contributed by atoms with Crippen LogP contribution in [0.2, 0.25) is 0 Å². The van der Waals surface area contributed by atoms with Crippen LogP contribution < -0.4 is 5.32 Å². The first-order chi connectivity index (χ1) is 7.34. The van der Waals surface area contributed by atoms with E-state index in [1.807, 2.05) is 6.92 Å². The summed E-state index contributed by atoms with van der Waals surface area (Å²) in [6, 6.07) is 0.690. The van der Waals surface area contributed by atoms with Gasteiger partial charge in [0.1, 0.15) is 0 Å². The van der Waals surface area contributed by atoms with Crippen molar-refractivity contribution in [1.82, 2.24) is 15.5 Å². The van der Waals surface area contributed by atoms with E-state index in [2.05, 4.69) is 27.2 Å². The van der Waals surface area contributed by atoms with Crippen molar-refractivity contribution < 1.29 is 4.52 Å². The van der Waals surface area contributed by atoms with E-state index in [-0.39, 0.29) is 0 Å². The lowest BCUT2D eigenvalue weighted by molar-refractivity contribution is 0.367. The van der Waals surface area contributed by atoms with Crippen LogP contribution in [0, 0.1) is 6.92 Å². The quantitative estimate of drug-likeness (QED) is 0.842. The van der Waals surface area contributed by atoms with Gasteiger partial charge in [0.25, 0.3) is 0 Å².